The Morgan fingerprint density at radius 1 is 1.30 bits per heavy atom. The molecular weight excluding hydrogens is 348 g/mol. The number of rotatable bonds is 3. The lowest BCUT2D eigenvalue weighted by Gasteiger charge is -2.07. The van der Waals surface area contributed by atoms with Crippen molar-refractivity contribution in [3.8, 4) is 0 Å². The molecule has 0 spiro atoms. The number of anilines is 1. The summed E-state index contributed by atoms with van der Waals surface area (Å²) in [5.74, 6) is -1.54. The van der Waals surface area contributed by atoms with Gasteiger partial charge in [-0.15, -0.1) is 0 Å². The highest BCUT2D eigenvalue weighted by atomic mass is 79.9. The minimum Gasteiger partial charge on any atom is -0.478 e. The molecule has 0 atom stereocenters. The molecule has 0 fully saturated rings. The Balaban J connectivity index is 2.28. The number of hydrogen-bond donors (Lipinski definition) is 2. The molecule has 1 heterocycles. The van der Waals surface area contributed by atoms with Crippen molar-refractivity contribution in [3.05, 3.63) is 57.3 Å². The quantitative estimate of drug-likeness (QED) is 0.827. The number of carbonyl (C=O) groups excluding carboxylic acids is 1. The highest BCUT2D eigenvalue weighted by Crippen LogP contribution is 2.21. The molecule has 2 aromatic rings. The van der Waals surface area contributed by atoms with Crippen LogP contribution in [0.3, 0.4) is 0 Å². The predicted molar refractivity (Wildman–Crippen MR) is 78.3 cm³/mol. The van der Waals surface area contributed by atoms with Gasteiger partial charge in [-0.3, -0.25) is 4.79 Å². The van der Waals surface area contributed by atoms with E-state index in [1.165, 1.54) is 24.4 Å². The van der Waals surface area contributed by atoms with Crippen LogP contribution in [0.25, 0.3) is 0 Å². The molecule has 0 radical (unpaired) electrons. The molecule has 0 aliphatic carbocycles. The van der Waals surface area contributed by atoms with Crippen LogP contribution in [0.15, 0.2) is 41.0 Å². The fraction of sp³-hybridized carbons (Fsp3) is 0. The SMILES string of the molecule is O=C(O)c1cc(Br)cc(NC(=O)c2cccnc2Cl)c1. The summed E-state index contributed by atoms with van der Waals surface area (Å²) in [5.41, 5.74) is 0.625. The van der Waals surface area contributed by atoms with Crippen LogP contribution in [-0.4, -0.2) is 22.0 Å². The van der Waals surface area contributed by atoms with E-state index in [1.807, 2.05) is 0 Å². The Hall–Kier alpha value is -1.92. The largest absolute Gasteiger partial charge is 0.478 e. The first-order chi connectivity index (χ1) is 9.47. The molecule has 2 N–H and O–H groups in total. The summed E-state index contributed by atoms with van der Waals surface area (Å²) >= 11 is 9.01. The first-order valence-electron chi connectivity index (χ1n) is 5.43. The standard InChI is InChI=1S/C13H8BrClN2O3/c14-8-4-7(13(19)20)5-9(6-8)17-12(18)10-2-1-3-16-11(10)15/h1-6H,(H,17,18)(H,19,20). The van der Waals surface area contributed by atoms with Crippen molar-refractivity contribution in [3.63, 3.8) is 0 Å². The first kappa shape index (κ1) is 14.5. The molecule has 102 valence electrons. The molecule has 0 unspecified atom stereocenters. The van der Waals surface area contributed by atoms with Gasteiger partial charge in [0.1, 0.15) is 5.15 Å². The van der Waals surface area contributed by atoms with Crippen LogP contribution in [0.5, 0.6) is 0 Å². The van der Waals surface area contributed by atoms with E-state index in [1.54, 1.807) is 12.1 Å². The normalized spacial score (nSPS) is 10.1. The highest BCUT2D eigenvalue weighted by molar-refractivity contribution is 9.10. The predicted octanol–water partition coefficient (Wildman–Crippen LogP) is 3.45. The maximum absolute atomic E-state index is 12.0. The molecule has 0 saturated heterocycles. The third-order valence-corrected chi connectivity index (χ3v) is 3.17. The number of carbonyl (C=O) groups is 2. The number of nitrogens with zero attached hydrogens (tertiary/aromatic N) is 1. The van der Waals surface area contributed by atoms with E-state index in [0.29, 0.717) is 10.2 Å². The van der Waals surface area contributed by atoms with Crippen LogP contribution in [-0.2, 0) is 0 Å². The van der Waals surface area contributed by atoms with Gasteiger partial charge >= 0.3 is 5.97 Å². The molecule has 0 aliphatic heterocycles. The van der Waals surface area contributed by atoms with Gasteiger partial charge in [-0.1, -0.05) is 27.5 Å². The van der Waals surface area contributed by atoms with Crippen LogP contribution < -0.4 is 5.32 Å². The van der Waals surface area contributed by atoms with Crippen LogP contribution in [0.1, 0.15) is 20.7 Å². The van der Waals surface area contributed by atoms with E-state index in [-0.39, 0.29) is 16.3 Å². The zero-order valence-electron chi connectivity index (χ0n) is 9.93. The summed E-state index contributed by atoms with van der Waals surface area (Å²) in [6.45, 7) is 0. The van der Waals surface area contributed by atoms with Gasteiger partial charge < -0.3 is 10.4 Å². The third kappa shape index (κ3) is 3.34. The molecule has 20 heavy (non-hydrogen) atoms. The van der Waals surface area contributed by atoms with Crippen molar-refractivity contribution in [2.24, 2.45) is 0 Å². The Bertz CT molecular complexity index is 691. The number of halogens is 2. The Morgan fingerprint density at radius 2 is 2.05 bits per heavy atom. The molecule has 0 bridgehead atoms. The minimum absolute atomic E-state index is 0.0620. The van der Waals surface area contributed by atoms with E-state index in [4.69, 9.17) is 16.7 Å². The van der Waals surface area contributed by atoms with Gasteiger partial charge in [-0.05, 0) is 30.3 Å². The molecular formula is C13H8BrClN2O3. The smallest absolute Gasteiger partial charge is 0.335 e. The lowest BCUT2D eigenvalue weighted by molar-refractivity contribution is 0.0696. The van der Waals surface area contributed by atoms with Gasteiger partial charge in [-0.25, -0.2) is 9.78 Å². The van der Waals surface area contributed by atoms with E-state index >= 15 is 0 Å². The van der Waals surface area contributed by atoms with Gasteiger partial charge in [0, 0.05) is 16.4 Å². The molecule has 2 rings (SSSR count). The second-order valence-corrected chi connectivity index (χ2v) is 5.10. The van der Waals surface area contributed by atoms with Crippen molar-refractivity contribution < 1.29 is 14.7 Å². The average Bonchev–Trinajstić information content (AvgIpc) is 2.38. The number of hydrogen-bond acceptors (Lipinski definition) is 3. The van der Waals surface area contributed by atoms with E-state index < -0.39 is 11.9 Å². The highest BCUT2D eigenvalue weighted by Gasteiger charge is 2.12. The molecule has 1 aromatic heterocycles. The summed E-state index contributed by atoms with van der Waals surface area (Å²) < 4.78 is 0.546. The monoisotopic (exact) mass is 354 g/mol. The lowest BCUT2D eigenvalue weighted by Crippen LogP contribution is -2.13. The summed E-state index contributed by atoms with van der Waals surface area (Å²) in [7, 11) is 0. The maximum atomic E-state index is 12.0. The van der Waals surface area contributed by atoms with Gasteiger partial charge in [0.2, 0.25) is 0 Å². The second-order valence-electron chi connectivity index (χ2n) is 3.83. The number of carboxylic acid groups (broad SMARTS) is 1. The fourth-order valence-electron chi connectivity index (χ4n) is 1.54. The third-order valence-electron chi connectivity index (χ3n) is 2.41. The number of benzene rings is 1. The minimum atomic E-state index is -1.08. The van der Waals surface area contributed by atoms with Gasteiger partial charge in [0.25, 0.3) is 5.91 Å². The topological polar surface area (TPSA) is 79.3 Å². The van der Waals surface area contributed by atoms with Crippen molar-refractivity contribution in [1.29, 1.82) is 0 Å². The van der Waals surface area contributed by atoms with Crippen LogP contribution in [0.2, 0.25) is 5.15 Å². The van der Waals surface area contributed by atoms with Crippen molar-refractivity contribution in [1.82, 2.24) is 4.98 Å². The molecule has 1 amide bonds. The van der Waals surface area contributed by atoms with Crippen LogP contribution in [0.4, 0.5) is 5.69 Å². The van der Waals surface area contributed by atoms with E-state index in [2.05, 4.69) is 26.2 Å². The number of carboxylic acids is 1. The van der Waals surface area contributed by atoms with Gasteiger partial charge in [0.05, 0.1) is 11.1 Å². The average molecular weight is 356 g/mol. The van der Waals surface area contributed by atoms with Gasteiger partial charge in [-0.2, -0.15) is 0 Å². The summed E-state index contributed by atoms with van der Waals surface area (Å²) in [4.78, 5) is 26.8. The number of nitrogens with one attached hydrogen (secondary N) is 1. The Morgan fingerprint density at radius 3 is 2.70 bits per heavy atom. The summed E-state index contributed by atoms with van der Waals surface area (Å²) in [6, 6.07) is 7.50. The van der Waals surface area contributed by atoms with Gasteiger partial charge in [0.15, 0.2) is 0 Å². The fourth-order valence-corrected chi connectivity index (χ4v) is 2.24. The zero-order chi connectivity index (χ0) is 14.7. The molecule has 0 aliphatic rings. The van der Waals surface area contributed by atoms with Crippen LogP contribution in [0, 0.1) is 0 Å². The molecule has 1 aromatic carbocycles. The molecule has 0 saturated carbocycles. The van der Waals surface area contributed by atoms with Crippen molar-refractivity contribution >= 4 is 45.1 Å². The van der Waals surface area contributed by atoms with Crippen molar-refractivity contribution in [2.75, 3.05) is 5.32 Å². The lowest BCUT2D eigenvalue weighted by atomic mass is 10.2. The Kier molecular flexibility index (Phi) is 4.36. The summed E-state index contributed by atoms with van der Waals surface area (Å²) in [5, 5.41) is 11.6. The molecule has 7 heteroatoms. The Labute approximate surface area is 127 Å². The molecule has 5 nitrogen and oxygen atoms in total. The zero-order valence-corrected chi connectivity index (χ0v) is 12.3. The van der Waals surface area contributed by atoms with Crippen molar-refractivity contribution in [2.45, 2.75) is 0 Å². The maximum Gasteiger partial charge on any atom is 0.335 e. The van der Waals surface area contributed by atoms with E-state index in [0.717, 1.165) is 0 Å². The van der Waals surface area contributed by atoms with E-state index in [9.17, 15) is 9.59 Å². The second kappa shape index (κ2) is 6.02. The number of amides is 1. The number of aromatic carboxylic acids is 1. The number of aromatic nitrogens is 1. The number of pyridine rings is 1. The van der Waals surface area contributed by atoms with Crippen LogP contribution >= 0.6 is 27.5 Å². The summed E-state index contributed by atoms with van der Waals surface area (Å²) in [6.07, 6.45) is 1.47. The first-order valence-corrected chi connectivity index (χ1v) is 6.60.